The smallest absolute Gasteiger partial charge is 0.203 e. The molecule has 2 rings (SSSR count). The second-order valence-electron chi connectivity index (χ2n) is 2.87. The van der Waals surface area contributed by atoms with Crippen molar-refractivity contribution in [3.63, 3.8) is 0 Å². The van der Waals surface area contributed by atoms with Gasteiger partial charge in [0.2, 0.25) is 5.13 Å². The monoisotopic (exact) mass is 271 g/mol. The van der Waals surface area contributed by atoms with Gasteiger partial charge in [-0.3, -0.25) is 5.43 Å². The van der Waals surface area contributed by atoms with Crippen molar-refractivity contribution in [3.8, 4) is 0 Å². The number of hydrogen-bond donors (Lipinski definition) is 1. The first kappa shape index (κ1) is 11.4. The van der Waals surface area contributed by atoms with Gasteiger partial charge in [0.05, 0.1) is 11.2 Å². The highest BCUT2D eigenvalue weighted by Crippen LogP contribution is 2.19. The van der Waals surface area contributed by atoms with E-state index < -0.39 is 0 Å². The highest BCUT2D eigenvalue weighted by Gasteiger charge is 1.98. The van der Waals surface area contributed by atoms with Gasteiger partial charge in [0.25, 0.3) is 0 Å². The van der Waals surface area contributed by atoms with Gasteiger partial charge in [0.15, 0.2) is 0 Å². The lowest BCUT2D eigenvalue weighted by Gasteiger charge is -1.98. The Bertz CT molecular complexity index is 497. The number of nitrogens with one attached hydrogen (secondary N) is 1. The Morgan fingerprint density at radius 3 is 2.94 bits per heavy atom. The molecule has 0 aliphatic heterocycles. The van der Waals surface area contributed by atoms with Crippen molar-refractivity contribution in [2.75, 3.05) is 5.43 Å². The fourth-order valence-corrected chi connectivity index (χ4v) is 1.98. The van der Waals surface area contributed by atoms with E-state index >= 15 is 0 Å². The van der Waals surface area contributed by atoms with Crippen LogP contribution in [0.25, 0.3) is 0 Å². The van der Waals surface area contributed by atoms with Crippen LogP contribution < -0.4 is 5.43 Å². The fourth-order valence-electron chi connectivity index (χ4n) is 1.04. The van der Waals surface area contributed by atoms with Gasteiger partial charge in [0.1, 0.15) is 0 Å². The van der Waals surface area contributed by atoms with Crippen LogP contribution in [-0.2, 0) is 0 Å². The molecule has 1 aromatic heterocycles. The molecule has 0 atom stereocenters. The van der Waals surface area contributed by atoms with E-state index in [1.807, 2.05) is 5.38 Å². The van der Waals surface area contributed by atoms with Crippen molar-refractivity contribution in [1.82, 2.24) is 4.98 Å². The molecule has 1 heterocycles. The summed E-state index contributed by atoms with van der Waals surface area (Å²) in [6, 6.07) is 5.24. The molecule has 0 aliphatic rings. The van der Waals surface area contributed by atoms with Crippen LogP contribution in [0.4, 0.5) is 5.13 Å². The Labute approximate surface area is 107 Å². The molecule has 0 spiro atoms. The van der Waals surface area contributed by atoms with Crippen LogP contribution in [0.1, 0.15) is 5.56 Å². The maximum atomic E-state index is 5.97. The van der Waals surface area contributed by atoms with Crippen molar-refractivity contribution < 1.29 is 0 Å². The quantitative estimate of drug-likeness (QED) is 0.679. The highest BCUT2D eigenvalue weighted by atomic mass is 35.5. The lowest BCUT2D eigenvalue weighted by Crippen LogP contribution is -1.90. The minimum absolute atomic E-state index is 0.567. The molecule has 1 N–H and O–H groups in total. The zero-order valence-corrected chi connectivity index (χ0v) is 10.4. The molecule has 0 aliphatic carbocycles. The number of thiazole rings is 1. The lowest BCUT2D eigenvalue weighted by molar-refractivity contribution is 1.29. The van der Waals surface area contributed by atoms with Crippen molar-refractivity contribution >= 4 is 45.9 Å². The van der Waals surface area contributed by atoms with Gasteiger partial charge >= 0.3 is 0 Å². The van der Waals surface area contributed by atoms with E-state index in [2.05, 4.69) is 15.5 Å². The Morgan fingerprint density at radius 1 is 1.38 bits per heavy atom. The molecule has 82 valence electrons. The molecule has 0 saturated carbocycles. The van der Waals surface area contributed by atoms with E-state index in [1.54, 1.807) is 30.6 Å². The van der Waals surface area contributed by atoms with Gasteiger partial charge in [-0.2, -0.15) is 5.10 Å². The van der Waals surface area contributed by atoms with Crippen molar-refractivity contribution in [3.05, 3.63) is 45.4 Å². The zero-order chi connectivity index (χ0) is 11.4. The molecule has 0 unspecified atom stereocenters. The van der Waals surface area contributed by atoms with E-state index in [0.29, 0.717) is 10.0 Å². The van der Waals surface area contributed by atoms with Crippen LogP contribution in [0, 0.1) is 0 Å². The van der Waals surface area contributed by atoms with Crippen LogP contribution >= 0.6 is 34.5 Å². The second-order valence-corrected chi connectivity index (χ2v) is 4.61. The highest BCUT2D eigenvalue weighted by molar-refractivity contribution is 7.13. The molecule has 0 fully saturated rings. The van der Waals surface area contributed by atoms with Gasteiger partial charge in [-0.15, -0.1) is 11.3 Å². The first-order valence-corrected chi connectivity index (χ1v) is 6.03. The van der Waals surface area contributed by atoms with Crippen LogP contribution in [0.5, 0.6) is 0 Å². The minimum Gasteiger partial charge on any atom is -0.253 e. The standard InChI is InChI=1S/C10H7Cl2N3S/c11-8-2-1-7(9(12)5-8)6-14-15-10-13-3-4-16-10/h1-6H,(H,13,15). The molecule has 0 radical (unpaired) electrons. The summed E-state index contributed by atoms with van der Waals surface area (Å²) < 4.78 is 0. The Morgan fingerprint density at radius 2 is 2.25 bits per heavy atom. The SMILES string of the molecule is Clc1ccc(C=NNc2nccs2)c(Cl)c1. The maximum absolute atomic E-state index is 5.97. The summed E-state index contributed by atoms with van der Waals surface area (Å²) in [7, 11) is 0. The van der Waals surface area contributed by atoms with E-state index in [4.69, 9.17) is 23.2 Å². The molecule has 0 amide bonds. The molecule has 16 heavy (non-hydrogen) atoms. The Kier molecular flexibility index (Phi) is 3.77. The summed E-state index contributed by atoms with van der Waals surface area (Å²) in [5.41, 5.74) is 3.60. The number of benzene rings is 1. The molecule has 2 aromatic rings. The average molecular weight is 272 g/mol. The number of halogens is 2. The third kappa shape index (κ3) is 2.95. The number of hydrazone groups is 1. The summed E-state index contributed by atoms with van der Waals surface area (Å²) in [6.45, 7) is 0. The van der Waals surface area contributed by atoms with Crippen molar-refractivity contribution in [1.29, 1.82) is 0 Å². The Hall–Kier alpha value is -1.10. The largest absolute Gasteiger partial charge is 0.253 e. The van der Waals surface area contributed by atoms with Gasteiger partial charge in [-0.05, 0) is 12.1 Å². The first-order chi connectivity index (χ1) is 7.75. The number of aromatic nitrogens is 1. The normalized spacial score (nSPS) is 10.9. The van der Waals surface area contributed by atoms with E-state index in [-0.39, 0.29) is 0 Å². The van der Waals surface area contributed by atoms with Crippen LogP contribution in [0.15, 0.2) is 34.9 Å². The first-order valence-electron chi connectivity index (χ1n) is 4.39. The summed E-state index contributed by atoms with van der Waals surface area (Å²) in [4.78, 5) is 4.02. The lowest BCUT2D eigenvalue weighted by atomic mass is 10.2. The summed E-state index contributed by atoms with van der Waals surface area (Å²) in [5.74, 6) is 0. The number of rotatable bonds is 3. The van der Waals surface area contributed by atoms with E-state index in [0.717, 1.165) is 10.7 Å². The zero-order valence-electron chi connectivity index (χ0n) is 8.02. The number of nitrogens with zero attached hydrogens (tertiary/aromatic N) is 2. The molecule has 6 heteroatoms. The van der Waals surface area contributed by atoms with E-state index in [1.165, 1.54) is 11.3 Å². The predicted octanol–water partition coefficient (Wildman–Crippen LogP) is 3.90. The topological polar surface area (TPSA) is 37.3 Å². The van der Waals surface area contributed by atoms with Crippen molar-refractivity contribution in [2.24, 2.45) is 5.10 Å². The summed E-state index contributed by atoms with van der Waals surface area (Å²) >= 11 is 13.2. The van der Waals surface area contributed by atoms with Gasteiger partial charge in [-0.1, -0.05) is 29.3 Å². The average Bonchev–Trinajstić information content (AvgIpc) is 2.74. The van der Waals surface area contributed by atoms with Crippen LogP contribution in [-0.4, -0.2) is 11.2 Å². The second kappa shape index (κ2) is 5.30. The summed E-state index contributed by atoms with van der Waals surface area (Å²) in [5, 5.41) is 7.80. The maximum Gasteiger partial charge on any atom is 0.203 e. The predicted molar refractivity (Wildman–Crippen MR) is 69.8 cm³/mol. The van der Waals surface area contributed by atoms with E-state index in [9.17, 15) is 0 Å². The van der Waals surface area contributed by atoms with Crippen molar-refractivity contribution in [2.45, 2.75) is 0 Å². The third-order valence-corrected chi connectivity index (χ3v) is 3.00. The summed E-state index contributed by atoms with van der Waals surface area (Å²) in [6.07, 6.45) is 3.33. The molecule has 1 aromatic carbocycles. The van der Waals surface area contributed by atoms with Crippen LogP contribution in [0.3, 0.4) is 0 Å². The number of hydrogen-bond acceptors (Lipinski definition) is 4. The Balaban J connectivity index is 2.06. The fraction of sp³-hybridized carbons (Fsp3) is 0. The molecule has 0 saturated heterocycles. The van der Waals surface area contributed by atoms with Gasteiger partial charge < -0.3 is 0 Å². The number of anilines is 1. The molecule has 0 bridgehead atoms. The minimum atomic E-state index is 0.567. The molecule has 3 nitrogen and oxygen atoms in total. The molecular formula is C10H7Cl2N3S. The van der Waals surface area contributed by atoms with Gasteiger partial charge in [0, 0.05) is 22.2 Å². The molecular weight excluding hydrogens is 265 g/mol. The van der Waals surface area contributed by atoms with Crippen LogP contribution in [0.2, 0.25) is 10.0 Å². The van der Waals surface area contributed by atoms with Gasteiger partial charge in [-0.25, -0.2) is 4.98 Å². The third-order valence-electron chi connectivity index (χ3n) is 1.76.